The van der Waals surface area contributed by atoms with Gasteiger partial charge in [0.05, 0.1) is 19.1 Å². The maximum absolute atomic E-state index is 12.5. The Morgan fingerprint density at radius 1 is 1.25 bits per heavy atom. The fourth-order valence-electron chi connectivity index (χ4n) is 1.80. The molecule has 110 valence electrons. The summed E-state index contributed by atoms with van der Waals surface area (Å²) in [5, 5.41) is 0. The van der Waals surface area contributed by atoms with Crippen molar-refractivity contribution < 1.29 is 14.3 Å². The highest BCUT2D eigenvalue weighted by Gasteiger charge is 2.18. The molecule has 1 amide bonds. The second kappa shape index (κ2) is 8.74. The first kappa shape index (κ1) is 16.7. The SMILES string of the molecule is CCCCN(CCC(=O)OC)C(=O)c1ccccc1Br. The summed E-state index contributed by atoms with van der Waals surface area (Å²) in [4.78, 5) is 25.5. The predicted molar refractivity (Wildman–Crippen MR) is 81.6 cm³/mol. The van der Waals surface area contributed by atoms with Crippen LogP contribution < -0.4 is 0 Å². The number of unbranched alkanes of at least 4 members (excludes halogenated alkanes) is 1. The van der Waals surface area contributed by atoms with E-state index in [2.05, 4.69) is 27.6 Å². The summed E-state index contributed by atoms with van der Waals surface area (Å²) in [6.45, 7) is 3.10. The van der Waals surface area contributed by atoms with E-state index in [0.29, 0.717) is 18.7 Å². The van der Waals surface area contributed by atoms with Crippen LogP contribution in [0.4, 0.5) is 0 Å². The maximum Gasteiger partial charge on any atom is 0.307 e. The van der Waals surface area contributed by atoms with Gasteiger partial charge in [0, 0.05) is 17.6 Å². The van der Waals surface area contributed by atoms with Gasteiger partial charge >= 0.3 is 5.97 Å². The lowest BCUT2D eigenvalue weighted by atomic mass is 10.2. The standard InChI is InChI=1S/C15H20BrNO3/c1-3-4-10-17(11-9-14(18)20-2)15(19)12-7-5-6-8-13(12)16/h5-8H,3-4,9-11H2,1-2H3. The van der Waals surface area contributed by atoms with Crippen molar-refractivity contribution in [3.05, 3.63) is 34.3 Å². The monoisotopic (exact) mass is 341 g/mol. The van der Waals surface area contributed by atoms with Crippen LogP contribution in [0.1, 0.15) is 36.5 Å². The van der Waals surface area contributed by atoms with Gasteiger partial charge in [-0.2, -0.15) is 0 Å². The number of amides is 1. The Bertz CT molecular complexity index is 462. The molecular weight excluding hydrogens is 322 g/mol. The van der Waals surface area contributed by atoms with Gasteiger partial charge in [-0.15, -0.1) is 0 Å². The molecule has 0 spiro atoms. The van der Waals surface area contributed by atoms with Gasteiger partial charge in [0.25, 0.3) is 5.91 Å². The number of benzene rings is 1. The Balaban J connectivity index is 2.78. The minimum Gasteiger partial charge on any atom is -0.469 e. The van der Waals surface area contributed by atoms with Gasteiger partial charge in [0.2, 0.25) is 0 Å². The number of hydrogen-bond acceptors (Lipinski definition) is 3. The normalized spacial score (nSPS) is 10.2. The molecule has 0 saturated carbocycles. The summed E-state index contributed by atoms with van der Waals surface area (Å²) in [5.41, 5.74) is 0.619. The number of methoxy groups -OCH3 is 1. The second-order valence-electron chi connectivity index (χ2n) is 4.45. The zero-order valence-electron chi connectivity index (χ0n) is 11.9. The summed E-state index contributed by atoms with van der Waals surface area (Å²) in [7, 11) is 1.36. The molecule has 0 fully saturated rings. The number of rotatable bonds is 7. The van der Waals surface area contributed by atoms with E-state index in [1.165, 1.54) is 7.11 Å². The van der Waals surface area contributed by atoms with Crippen LogP contribution in [0.15, 0.2) is 28.7 Å². The summed E-state index contributed by atoms with van der Waals surface area (Å²) in [6.07, 6.45) is 2.13. The number of hydrogen-bond donors (Lipinski definition) is 0. The average molecular weight is 342 g/mol. The van der Waals surface area contributed by atoms with Gasteiger partial charge in [-0.1, -0.05) is 25.5 Å². The van der Waals surface area contributed by atoms with E-state index in [1.807, 2.05) is 18.2 Å². The number of nitrogens with zero attached hydrogens (tertiary/aromatic N) is 1. The minimum absolute atomic E-state index is 0.0603. The fourth-order valence-corrected chi connectivity index (χ4v) is 2.25. The van der Waals surface area contributed by atoms with E-state index in [1.54, 1.807) is 11.0 Å². The molecule has 1 rings (SSSR count). The molecule has 0 aliphatic heterocycles. The number of esters is 1. The van der Waals surface area contributed by atoms with Crippen molar-refractivity contribution in [2.75, 3.05) is 20.2 Å². The lowest BCUT2D eigenvalue weighted by molar-refractivity contribution is -0.140. The first-order valence-corrected chi connectivity index (χ1v) is 7.50. The molecule has 0 aliphatic carbocycles. The quantitative estimate of drug-likeness (QED) is 0.715. The van der Waals surface area contributed by atoms with Crippen LogP contribution in [0.3, 0.4) is 0 Å². The van der Waals surface area contributed by atoms with Crippen molar-refractivity contribution >= 4 is 27.8 Å². The van der Waals surface area contributed by atoms with Crippen molar-refractivity contribution in [2.45, 2.75) is 26.2 Å². The van der Waals surface area contributed by atoms with Crippen molar-refractivity contribution in [1.82, 2.24) is 4.90 Å². The van der Waals surface area contributed by atoms with E-state index in [-0.39, 0.29) is 18.3 Å². The second-order valence-corrected chi connectivity index (χ2v) is 5.31. The highest BCUT2D eigenvalue weighted by molar-refractivity contribution is 9.10. The van der Waals surface area contributed by atoms with E-state index in [9.17, 15) is 9.59 Å². The Hall–Kier alpha value is -1.36. The lowest BCUT2D eigenvalue weighted by Crippen LogP contribution is -2.34. The highest BCUT2D eigenvalue weighted by Crippen LogP contribution is 2.18. The molecule has 0 saturated heterocycles. The molecule has 20 heavy (non-hydrogen) atoms. The Labute approximate surface area is 128 Å². The molecule has 0 N–H and O–H groups in total. The third-order valence-electron chi connectivity index (χ3n) is 2.99. The van der Waals surface area contributed by atoms with E-state index < -0.39 is 0 Å². The van der Waals surface area contributed by atoms with Gasteiger partial charge in [0.15, 0.2) is 0 Å². The first-order chi connectivity index (χ1) is 9.60. The van der Waals surface area contributed by atoms with Gasteiger partial charge in [0.1, 0.15) is 0 Å². The molecule has 0 radical (unpaired) electrons. The lowest BCUT2D eigenvalue weighted by Gasteiger charge is -2.22. The molecule has 0 atom stereocenters. The van der Waals surface area contributed by atoms with E-state index >= 15 is 0 Å². The Morgan fingerprint density at radius 2 is 1.95 bits per heavy atom. The fraction of sp³-hybridized carbons (Fsp3) is 0.467. The van der Waals surface area contributed by atoms with Crippen LogP contribution in [0, 0.1) is 0 Å². The topological polar surface area (TPSA) is 46.6 Å². The first-order valence-electron chi connectivity index (χ1n) is 6.70. The van der Waals surface area contributed by atoms with Crippen molar-refractivity contribution in [3.63, 3.8) is 0 Å². The van der Waals surface area contributed by atoms with Crippen LogP contribution in [-0.2, 0) is 9.53 Å². The largest absolute Gasteiger partial charge is 0.469 e. The summed E-state index contributed by atoms with van der Waals surface area (Å²) in [5.74, 6) is -0.360. The zero-order valence-corrected chi connectivity index (χ0v) is 13.5. The molecule has 0 aromatic heterocycles. The van der Waals surface area contributed by atoms with Crippen LogP contribution in [-0.4, -0.2) is 37.0 Å². The number of carbonyl (C=O) groups excluding carboxylic acids is 2. The molecule has 1 aromatic rings. The Kier molecular flexibility index (Phi) is 7.30. The summed E-state index contributed by atoms with van der Waals surface area (Å²) >= 11 is 3.39. The zero-order chi connectivity index (χ0) is 15.0. The van der Waals surface area contributed by atoms with E-state index in [0.717, 1.165) is 17.3 Å². The average Bonchev–Trinajstić information content (AvgIpc) is 2.47. The highest BCUT2D eigenvalue weighted by atomic mass is 79.9. The molecule has 5 heteroatoms. The summed E-state index contributed by atoms with van der Waals surface area (Å²) < 4.78 is 5.40. The van der Waals surface area contributed by atoms with Crippen LogP contribution in [0.25, 0.3) is 0 Å². The number of halogens is 1. The van der Waals surface area contributed by atoms with Crippen LogP contribution >= 0.6 is 15.9 Å². The van der Waals surface area contributed by atoms with E-state index in [4.69, 9.17) is 0 Å². The molecule has 1 aromatic carbocycles. The van der Waals surface area contributed by atoms with Crippen LogP contribution in [0.5, 0.6) is 0 Å². The minimum atomic E-state index is -0.300. The molecular formula is C15H20BrNO3. The van der Waals surface area contributed by atoms with Gasteiger partial charge in [-0.3, -0.25) is 9.59 Å². The van der Waals surface area contributed by atoms with Crippen molar-refractivity contribution in [3.8, 4) is 0 Å². The molecule has 0 aliphatic rings. The molecule has 0 bridgehead atoms. The molecule has 4 nitrogen and oxygen atoms in total. The number of ether oxygens (including phenoxy) is 1. The number of carbonyl (C=O) groups is 2. The molecule has 0 unspecified atom stereocenters. The van der Waals surface area contributed by atoms with Gasteiger partial charge in [-0.25, -0.2) is 0 Å². The van der Waals surface area contributed by atoms with Crippen molar-refractivity contribution in [1.29, 1.82) is 0 Å². The third-order valence-corrected chi connectivity index (χ3v) is 3.68. The van der Waals surface area contributed by atoms with Gasteiger partial charge in [-0.05, 0) is 34.5 Å². The summed E-state index contributed by atoms with van der Waals surface area (Å²) in [6, 6.07) is 7.32. The van der Waals surface area contributed by atoms with Crippen LogP contribution in [0.2, 0.25) is 0 Å². The maximum atomic E-state index is 12.5. The third kappa shape index (κ3) is 4.96. The Morgan fingerprint density at radius 3 is 2.55 bits per heavy atom. The smallest absolute Gasteiger partial charge is 0.307 e. The van der Waals surface area contributed by atoms with Gasteiger partial charge < -0.3 is 9.64 Å². The predicted octanol–water partition coefficient (Wildman–Crippen LogP) is 3.25. The molecule has 0 heterocycles. The van der Waals surface area contributed by atoms with Crippen molar-refractivity contribution in [2.24, 2.45) is 0 Å².